The monoisotopic (exact) mass is 313 g/mol. The molecule has 4 aliphatic carbocycles. The van der Waals surface area contributed by atoms with Crippen molar-refractivity contribution in [3.8, 4) is 5.75 Å². The van der Waals surface area contributed by atoms with Crippen molar-refractivity contribution in [3.05, 3.63) is 29.8 Å². The first kappa shape index (κ1) is 15.5. The highest BCUT2D eigenvalue weighted by Crippen LogP contribution is 2.61. The van der Waals surface area contributed by atoms with Gasteiger partial charge in [-0.3, -0.25) is 0 Å². The van der Waals surface area contributed by atoms with E-state index >= 15 is 0 Å². The lowest BCUT2D eigenvalue weighted by Crippen LogP contribution is -2.54. The first-order chi connectivity index (χ1) is 11.2. The molecule has 0 aliphatic heterocycles. The SMILES string of the molecule is CCOc1cccc(CN[C@H](C)C23CC4CC(CC(C4)C2)C3)c1. The van der Waals surface area contributed by atoms with Crippen molar-refractivity contribution in [2.45, 2.75) is 65.0 Å². The second-order valence-corrected chi connectivity index (χ2v) is 8.46. The van der Waals surface area contributed by atoms with Crippen LogP contribution in [-0.2, 0) is 6.54 Å². The fourth-order valence-electron chi connectivity index (χ4n) is 6.11. The Bertz CT molecular complexity index is 517. The summed E-state index contributed by atoms with van der Waals surface area (Å²) in [5.41, 5.74) is 1.93. The summed E-state index contributed by atoms with van der Waals surface area (Å²) < 4.78 is 5.63. The Labute approximate surface area is 141 Å². The lowest BCUT2D eigenvalue weighted by atomic mass is 9.48. The number of benzene rings is 1. The van der Waals surface area contributed by atoms with Crippen LogP contribution in [0.25, 0.3) is 0 Å². The molecule has 4 aliphatic rings. The topological polar surface area (TPSA) is 21.3 Å². The lowest BCUT2D eigenvalue weighted by Gasteiger charge is -2.59. The van der Waals surface area contributed by atoms with Crippen LogP contribution in [0.2, 0.25) is 0 Å². The molecule has 0 spiro atoms. The lowest BCUT2D eigenvalue weighted by molar-refractivity contribution is -0.0706. The Kier molecular flexibility index (Phi) is 4.13. The van der Waals surface area contributed by atoms with E-state index in [9.17, 15) is 0 Å². The van der Waals surface area contributed by atoms with Crippen molar-refractivity contribution in [2.75, 3.05) is 6.61 Å². The van der Waals surface area contributed by atoms with Crippen molar-refractivity contribution in [3.63, 3.8) is 0 Å². The molecule has 4 bridgehead atoms. The minimum Gasteiger partial charge on any atom is -0.494 e. The zero-order valence-corrected chi connectivity index (χ0v) is 14.7. The molecule has 0 radical (unpaired) electrons. The second kappa shape index (κ2) is 6.12. The molecule has 126 valence electrons. The first-order valence-corrected chi connectivity index (χ1v) is 9.62. The molecule has 2 heteroatoms. The van der Waals surface area contributed by atoms with Gasteiger partial charge >= 0.3 is 0 Å². The first-order valence-electron chi connectivity index (χ1n) is 9.62. The van der Waals surface area contributed by atoms with Gasteiger partial charge in [-0.15, -0.1) is 0 Å². The smallest absolute Gasteiger partial charge is 0.119 e. The van der Waals surface area contributed by atoms with E-state index in [-0.39, 0.29) is 0 Å². The van der Waals surface area contributed by atoms with Crippen LogP contribution < -0.4 is 10.1 Å². The van der Waals surface area contributed by atoms with Gasteiger partial charge < -0.3 is 10.1 Å². The van der Waals surface area contributed by atoms with Crippen LogP contribution in [0.5, 0.6) is 5.75 Å². The second-order valence-electron chi connectivity index (χ2n) is 8.46. The molecule has 1 aromatic rings. The van der Waals surface area contributed by atoms with E-state index in [0.717, 1.165) is 36.7 Å². The molecule has 0 unspecified atom stereocenters. The third-order valence-corrected chi connectivity index (χ3v) is 6.83. The molecule has 0 heterocycles. The van der Waals surface area contributed by atoms with Crippen molar-refractivity contribution in [1.82, 2.24) is 5.32 Å². The van der Waals surface area contributed by atoms with Crippen LogP contribution in [0.3, 0.4) is 0 Å². The van der Waals surface area contributed by atoms with Gasteiger partial charge in [-0.1, -0.05) is 12.1 Å². The molecule has 4 fully saturated rings. The number of nitrogens with one attached hydrogen (secondary N) is 1. The molecule has 0 saturated heterocycles. The van der Waals surface area contributed by atoms with Crippen molar-refractivity contribution < 1.29 is 4.74 Å². The maximum Gasteiger partial charge on any atom is 0.119 e. The summed E-state index contributed by atoms with van der Waals surface area (Å²) in [5, 5.41) is 3.87. The third-order valence-electron chi connectivity index (χ3n) is 6.83. The minimum atomic E-state index is 0.590. The van der Waals surface area contributed by atoms with Crippen LogP contribution in [0.4, 0.5) is 0 Å². The Morgan fingerprint density at radius 2 is 1.78 bits per heavy atom. The van der Waals surface area contributed by atoms with E-state index < -0.39 is 0 Å². The van der Waals surface area contributed by atoms with Gasteiger partial charge in [0, 0.05) is 12.6 Å². The van der Waals surface area contributed by atoms with Crippen molar-refractivity contribution in [2.24, 2.45) is 23.2 Å². The van der Waals surface area contributed by atoms with E-state index in [0.29, 0.717) is 11.5 Å². The quantitative estimate of drug-likeness (QED) is 0.816. The van der Waals surface area contributed by atoms with E-state index in [1.165, 1.54) is 44.1 Å². The molecule has 4 saturated carbocycles. The molecule has 0 amide bonds. The predicted octanol–water partition coefficient (Wildman–Crippen LogP) is 4.78. The summed E-state index contributed by atoms with van der Waals surface area (Å²) in [5.74, 6) is 4.10. The molecule has 23 heavy (non-hydrogen) atoms. The van der Waals surface area contributed by atoms with Crippen molar-refractivity contribution in [1.29, 1.82) is 0 Å². The number of hydrogen-bond donors (Lipinski definition) is 1. The van der Waals surface area contributed by atoms with Crippen LogP contribution >= 0.6 is 0 Å². The fourth-order valence-corrected chi connectivity index (χ4v) is 6.11. The molecule has 1 aromatic carbocycles. The largest absolute Gasteiger partial charge is 0.494 e. The van der Waals surface area contributed by atoms with Gasteiger partial charge in [-0.25, -0.2) is 0 Å². The summed E-state index contributed by atoms with van der Waals surface area (Å²) in [7, 11) is 0. The molecule has 5 rings (SSSR count). The van der Waals surface area contributed by atoms with E-state index in [4.69, 9.17) is 4.74 Å². The summed E-state index contributed by atoms with van der Waals surface area (Å²) in [6.45, 7) is 6.18. The normalized spacial score (nSPS) is 36.2. The minimum absolute atomic E-state index is 0.590. The number of ether oxygens (including phenoxy) is 1. The highest BCUT2D eigenvalue weighted by molar-refractivity contribution is 5.28. The molecule has 1 N–H and O–H groups in total. The maximum atomic E-state index is 5.63. The molecule has 1 atom stereocenters. The Morgan fingerprint density at radius 1 is 1.13 bits per heavy atom. The molecular weight excluding hydrogens is 282 g/mol. The number of hydrogen-bond acceptors (Lipinski definition) is 2. The predicted molar refractivity (Wildman–Crippen MR) is 94.5 cm³/mol. The van der Waals surface area contributed by atoms with Gasteiger partial charge in [-0.05, 0) is 93.2 Å². The molecular formula is C21H31NO. The van der Waals surface area contributed by atoms with Gasteiger partial charge in [-0.2, -0.15) is 0 Å². The highest BCUT2D eigenvalue weighted by Gasteiger charge is 2.52. The van der Waals surface area contributed by atoms with Crippen molar-refractivity contribution >= 4 is 0 Å². The van der Waals surface area contributed by atoms with Crippen LogP contribution in [0, 0.1) is 23.2 Å². The fraction of sp³-hybridized carbons (Fsp3) is 0.714. The average Bonchev–Trinajstić information content (AvgIpc) is 2.52. The number of rotatable bonds is 6. The summed E-state index contributed by atoms with van der Waals surface area (Å²) >= 11 is 0. The third kappa shape index (κ3) is 3.03. The van der Waals surface area contributed by atoms with E-state index in [2.05, 4.69) is 36.5 Å². The van der Waals surface area contributed by atoms with Gasteiger partial charge in [0.1, 0.15) is 5.75 Å². The van der Waals surface area contributed by atoms with Crippen LogP contribution in [0.1, 0.15) is 57.9 Å². The summed E-state index contributed by atoms with van der Waals surface area (Å²) in [6.07, 6.45) is 9.03. The zero-order chi connectivity index (χ0) is 15.9. The highest BCUT2D eigenvalue weighted by atomic mass is 16.5. The average molecular weight is 313 g/mol. The van der Waals surface area contributed by atoms with E-state index in [1.807, 2.05) is 6.92 Å². The van der Waals surface area contributed by atoms with Gasteiger partial charge in [0.25, 0.3) is 0 Å². The Morgan fingerprint density at radius 3 is 2.39 bits per heavy atom. The molecule has 0 aromatic heterocycles. The van der Waals surface area contributed by atoms with Gasteiger partial charge in [0.2, 0.25) is 0 Å². The zero-order valence-electron chi connectivity index (χ0n) is 14.7. The Balaban J connectivity index is 1.40. The van der Waals surface area contributed by atoms with Crippen LogP contribution in [-0.4, -0.2) is 12.6 Å². The van der Waals surface area contributed by atoms with Gasteiger partial charge in [0.05, 0.1) is 6.61 Å². The summed E-state index contributed by atoms with van der Waals surface area (Å²) in [4.78, 5) is 0. The van der Waals surface area contributed by atoms with Crippen LogP contribution in [0.15, 0.2) is 24.3 Å². The molecule has 2 nitrogen and oxygen atoms in total. The standard InChI is InChI=1S/C21H31NO/c1-3-23-20-6-4-5-16(10-20)14-22-15(2)21-11-17-7-18(12-21)9-19(8-17)13-21/h4-6,10,15,17-19,22H,3,7-9,11-14H2,1-2H3/t15-,17?,18?,19?,21?/m1/s1. The Hall–Kier alpha value is -1.02. The van der Waals surface area contributed by atoms with Gasteiger partial charge in [0.15, 0.2) is 0 Å². The summed E-state index contributed by atoms with van der Waals surface area (Å²) in [6, 6.07) is 9.18. The van der Waals surface area contributed by atoms with E-state index in [1.54, 1.807) is 0 Å². The maximum absolute atomic E-state index is 5.63.